The van der Waals surface area contributed by atoms with Crippen molar-refractivity contribution in [1.29, 1.82) is 5.26 Å². The van der Waals surface area contributed by atoms with Crippen LogP contribution in [0.15, 0.2) is 61.7 Å². The van der Waals surface area contributed by atoms with Crippen LogP contribution in [0, 0.1) is 17.1 Å². The van der Waals surface area contributed by atoms with Gasteiger partial charge in [0.1, 0.15) is 29.5 Å². The van der Waals surface area contributed by atoms with E-state index in [9.17, 15) is 10.1 Å². The van der Waals surface area contributed by atoms with E-state index < -0.39 is 11.7 Å². The molecule has 1 aromatic carbocycles. The van der Waals surface area contributed by atoms with Crippen molar-refractivity contribution >= 4 is 17.1 Å². The number of ether oxygens (including phenoxy) is 2. The number of halogens is 1. The minimum Gasteiger partial charge on any atom is -0.486 e. The molecule has 0 saturated carbocycles. The van der Waals surface area contributed by atoms with Gasteiger partial charge in [0.15, 0.2) is 5.82 Å². The summed E-state index contributed by atoms with van der Waals surface area (Å²) in [6, 6.07) is 9.50. The highest BCUT2D eigenvalue weighted by molar-refractivity contribution is 5.99. The molecule has 0 aliphatic carbocycles. The summed E-state index contributed by atoms with van der Waals surface area (Å²) in [6.45, 7) is 6.98. The number of aromatic nitrogens is 4. The number of anilines is 1. The van der Waals surface area contributed by atoms with Crippen molar-refractivity contribution < 1.29 is 18.7 Å². The van der Waals surface area contributed by atoms with Crippen molar-refractivity contribution in [3.05, 3.63) is 78.7 Å². The van der Waals surface area contributed by atoms with Crippen LogP contribution in [0.5, 0.6) is 5.75 Å². The number of hydrogen-bond donors (Lipinski definition) is 1. The Labute approximate surface area is 230 Å². The minimum atomic E-state index is -0.601. The second-order valence-electron chi connectivity index (χ2n) is 9.98. The number of likely N-dealkylation sites (tertiary alicyclic amines) is 1. The summed E-state index contributed by atoms with van der Waals surface area (Å²) >= 11 is 0. The van der Waals surface area contributed by atoms with Crippen LogP contribution in [0.3, 0.4) is 0 Å². The van der Waals surface area contributed by atoms with E-state index in [1.807, 2.05) is 29.3 Å². The quantitative estimate of drug-likeness (QED) is 0.337. The van der Waals surface area contributed by atoms with E-state index in [0.717, 1.165) is 56.3 Å². The van der Waals surface area contributed by atoms with Crippen molar-refractivity contribution in [2.75, 3.05) is 31.6 Å². The highest BCUT2D eigenvalue weighted by Gasteiger charge is 2.30. The number of piperidine rings is 1. The van der Waals surface area contributed by atoms with Crippen LogP contribution >= 0.6 is 0 Å². The molecular weight excluding hydrogens is 513 g/mol. The van der Waals surface area contributed by atoms with Gasteiger partial charge in [-0.05, 0) is 31.1 Å². The SMILES string of the molecule is C=CC(=O)Nc1cccc(COc2cc(-c3cnn(C4CCN(C5COC5)CC4)c3)cn3ncc(C#N)c23)c1F. The Balaban J connectivity index is 1.24. The fourth-order valence-corrected chi connectivity index (χ4v) is 5.20. The third-order valence-corrected chi connectivity index (χ3v) is 7.55. The third kappa shape index (κ3) is 4.95. The molecule has 10 nitrogen and oxygen atoms in total. The predicted molar refractivity (Wildman–Crippen MR) is 145 cm³/mol. The molecule has 1 N–H and O–H groups in total. The summed E-state index contributed by atoms with van der Waals surface area (Å²) in [6.07, 6.45) is 10.3. The molecule has 2 fully saturated rings. The van der Waals surface area contributed by atoms with Gasteiger partial charge in [-0.1, -0.05) is 18.7 Å². The average Bonchev–Trinajstić information content (AvgIpc) is 3.60. The Hall–Kier alpha value is -4.53. The number of nitrogens with one attached hydrogen (secondary N) is 1. The Morgan fingerprint density at radius 1 is 1.20 bits per heavy atom. The van der Waals surface area contributed by atoms with Crippen molar-refractivity contribution in [3.63, 3.8) is 0 Å². The molecule has 2 saturated heterocycles. The smallest absolute Gasteiger partial charge is 0.247 e. The molecule has 11 heteroatoms. The first-order valence-corrected chi connectivity index (χ1v) is 13.2. The molecule has 2 aliphatic rings. The van der Waals surface area contributed by atoms with Gasteiger partial charge >= 0.3 is 0 Å². The summed E-state index contributed by atoms with van der Waals surface area (Å²) < 4.78 is 30.1. The van der Waals surface area contributed by atoms with Crippen LogP contribution in [0.25, 0.3) is 16.6 Å². The number of rotatable bonds is 8. The zero-order valence-corrected chi connectivity index (χ0v) is 21.8. The van der Waals surface area contributed by atoms with E-state index in [-0.39, 0.29) is 17.9 Å². The summed E-state index contributed by atoms with van der Waals surface area (Å²) in [5.74, 6) is -0.727. The molecule has 0 radical (unpaired) electrons. The zero-order valence-electron chi connectivity index (χ0n) is 21.8. The summed E-state index contributed by atoms with van der Waals surface area (Å²) in [4.78, 5) is 14.2. The lowest BCUT2D eigenvalue weighted by molar-refractivity contribution is -0.111. The average molecular weight is 542 g/mol. The fraction of sp³-hybridized carbons (Fsp3) is 0.310. The number of benzene rings is 1. The lowest BCUT2D eigenvalue weighted by Crippen LogP contribution is -2.51. The first-order chi connectivity index (χ1) is 19.5. The molecular formula is C29H28FN7O3. The van der Waals surface area contributed by atoms with E-state index in [1.165, 1.54) is 12.3 Å². The molecule has 3 aromatic heterocycles. The molecule has 40 heavy (non-hydrogen) atoms. The molecule has 0 bridgehead atoms. The monoisotopic (exact) mass is 541 g/mol. The molecule has 6 rings (SSSR count). The van der Waals surface area contributed by atoms with Gasteiger partial charge in [-0.3, -0.25) is 14.4 Å². The standard InChI is InChI=1S/C29H28FN7O3/c1-2-27(38)34-25-5-3-4-19(28(25)30)16-40-26-10-20(14-37-29(26)21(11-31)12-33-37)22-13-32-36(15-22)23-6-8-35(9-7-23)24-17-39-18-24/h2-5,10,12-15,23-24H,1,6-9,16-18H2,(H,34,38). The third-order valence-electron chi connectivity index (χ3n) is 7.55. The first kappa shape index (κ1) is 25.7. The molecule has 0 unspecified atom stereocenters. The second kappa shape index (κ2) is 10.9. The van der Waals surface area contributed by atoms with Crippen LogP contribution in [0.4, 0.5) is 10.1 Å². The number of fused-ring (bicyclic) bond motifs is 1. The lowest BCUT2D eigenvalue weighted by atomic mass is 10.0. The van der Waals surface area contributed by atoms with Crippen molar-refractivity contribution in [2.45, 2.75) is 31.5 Å². The number of nitriles is 1. The van der Waals surface area contributed by atoms with Crippen LogP contribution in [-0.2, 0) is 16.1 Å². The Morgan fingerprint density at radius 2 is 2.02 bits per heavy atom. The molecule has 0 atom stereocenters. The molecule has 2 aliphatic heterocycles. The number of carbonyl (C=O) groups excluding carboxylic acids is 1. The van der Waals surface area contributed by atoms with E-state index in [0.29, 0.717) is 28.9 Å². The number of pyridine rings is 1. The van der Waals surface area contributed by atoms with Gasteiger partial charge in [0.2, 0.25) is 5.91 Å². The highest BCUT2D eigenvalue weighted by atomic mass is 19.1. The van der Waals surface area contributed by atoms with Crippen LogP contribution in [0.2, 0.25) is 0 Å². The maximum Gasteiger partial charge on any atom is 0.247 e. The van der Waals surface area contributed by atoms with Crippen LogP contribution in [-0.4, -0.2) is 62.5 Å². The van der Waals surface area contributed by atoms with Crippen LogP contribution in [0.1, 0.15) is 30.0 Å². The number of nitrogens with zero attached hydrogens (tertiary/aromatic N) is 6. The topological polar surface area (TPSA) is 110 Å². The Bertz CT molecular complexity index is 1610. The maximum atomic E-state index is 15.1. The molecule has 0 spiro atoms. The van der Waals surface area contributed by atoms with Gasteiger partial charge < -0.3 is 14.8 Å². The number of hydrogen-bond acceptors (Lipinski definition) is 7. The summed E-state index contributed by atoms with van der Waals surface area (Å²) in [5, 5.41) is 21.1. The number of carbonyl (C=O) groups is 1. The Morgan fingerprint density at radius 3 is 2.75 bits per heavy atom. The lowest BCUT2D eigenvalue weighted by Gasteiger charge is -2.41. The normalized spacial score (nSPS) is 16.4. The van der Waals surface area contributed by atoms with Gasteiger partial charge in [-0.2, -0.15) is 15.5 Å². The second-order valence-corrected chi connectivity index (χ2v) is 9.98. The van der Waals surface area contributed by atoms with Gasteiger partial charge in [0, 0.05) is 42.2 Å². The van der Waals surface area contributed by atoms with Crippen LogP contribution < -0.4 is 10.1 Å². The maximum absolute atomic E-state index is 15.1. The molecule has 204 valence electrons. The summed E-state index contributed by atoms with van der Waals surface area (Å²) in [5.41, 5.74) is 2.80. The van der Waals surface area contributed by atoms with Gasteiger partial charge in [-0.15, -0.1) is 0 Å². The molecule has 1 amide bonds. The molecule has 4 aromatic rings. The van der Waals surface area contributed by atoms with Crippen molar-refractivity contribution in [1.82, 2.24) is 24.3 Å². The highest BCUT2D eigenvalue weighted by Crippen LogP contribution is 2.32. The van der Waals surface area contributed by atoms with Gasteiger partial charge in [0.05, 0.1) is 43.4 Å². The molecule has 5 heterocycles. The van der Waals surface area contributed by atoms with Crippen molar-refractivity contribution in [2.24, 2.45) is 0 Å². The zero-order chi connectivity index (χ0) is 27.6. The fourth-order valence-electron chi connectivity index (χ4n) is 5.20. The van der Waals surface area contributed by atoms with E-state index >= 15 is 4.39 Å². The largest absolute Gasteiger partial charge is 0.486 e. The minimum absolute atomic E-state index is 0.0335. The Kier molecular flexibility index (Phi) is 7.02. The van der Waals surface area contributed by atoms with Crippen molar-refractivity contribution in [3.8, 4) is 22.9 Å². The first-order valence-electron chi connectivity index (χ1n) is 13.2. The predicted octanol–water partition coefficient (Wildman–Crippen LogP) is 3.95. The number of amides is 1. The summed E-state index contributed by atoms with van der Waals surface area (Å²) in [7, 11) is 0. The van der Waals surface area contributed by atoms with E-state index in [4.69, 9.17) is 9.47 Å². The van der Waals surface area contributed by atoms with Gasteiger partial charge in [0.25, 0.3) is 0 Å². The van der Waals surface area contributed by atoms with E-state index in [2.05, 4.69) is 33.1 Å². The van der Waals surface area contributed by atoms with Gasteiger partial charge in [-0.25, -0.2) is 8.91 Å². The van der Waals surface area contributed by atoms with E-state index in [1.54, 1.807) is 16.6 Å².